The van der Waals surface area contributed by atoms with Crippen molar-refractivity contribution in [3.8, 4) is 0 Å². The number of nitrogens with one attached hydrogen (secondary N) is 2. The van der Waals surface area contributed by atoms with Gasteiger partial charge in [-0.15, -0.1) is 0 Å². The van der Waals surface area contributed by atoms with Crippen LogP contribution in [0.5, 0.6) is 0 Å². The zero-order valence-corrected chi connectivity index (χ0v) is 15.1. The molecule has 0 fully saturated rings. The number of benzene rings is 1. The summed E-state index contributed by atoms with van der Waals surface area (Å²) in [7, 11) is 0. The van der Waals surface area contributed by atoms with Gasteiger partial charge in [0.25, 0.3) is 0 Å². The maximum Gasteiger partial charge on any atom is 0.407 e. The Morgan fingerprint density at radius 2 is 2.00 bits per heavy atom. The number of carbonyl (C=O) groups excluding carboxylic acids is 1. The van der Waals surface area contributed by atoms with Crippen LogP contribution >= 0.6 is 11.6 Å². The fourth-order valence-electron chi connectivity index (χ4n) is 1.95. The highest BCUT2D eigenvalue weighted by Gasteiger charge is 2.21. The first-order valence-corrected chi connectivity index (χ1v) is 8.10. The molecule has 23 heavy (non-hydrogen) atoms. The van der Waals surface area contributed by atoms with Gasteiger partial charge in [0.05, 0.1) is 0 Å². The Bertz CT molecular complexity index is 530. The molecule has 0 aromatic heterocycles. The number of alkyl carbamates (subject to hydrolysis) is 1. The van der Waals surface area contributed by atoms with E-state index in [-0.39, 0.29) is 17.8 Å². The number of hydrogen-bond acceptors (Lipinski definition) is 3. The molecule has 1 aromatic carbocycles. The molecule has 4 nitrogen and oxygen atoms in total. The third kappa shape index (κ3) is 7.66. The smallest absolute Gasteiger partial charge is 0.407 e. The Labute approximate surface area is 142 Å². The van der Waals surface area contributed by atoms with Crippen molar-refractivity contribution in [2.24, 2.45) is 5.92 Å². The molecule has 0 spiro atoms. The van der Waals surface area contributed by atoms with Crippen LogP contribution in [-0.2, 0) is 11.3 Å². The van der Waals surface area contributed by atoms with Crippen LogP contribution in [0.2, 0.25) is 5.02 Å². The zero-order valence-electron chi connectivity index (χ0n) is 14.4. The quantitative estimate of drug-likeness (QED) is 0.816. The highest BCUT2D eigenvalue weighted by Crippen LogP contribution is 2.15. The molecule has 0 saturated carbocycles. The fraction of sp³-hybridized carbons (Fsp3) is 0.588. The van der Waals surface area contributed by atoms with Crippen molar-refractivity contribution in [1.82, 2.24) is 10.6 Å². The number of carbonyl (C=O) groups is 1. The molecular formula is C17H26ClFN2O2. The number of amides is 1. The first kappa shape index (κ1) is 19.7. The van der Waals surface area contributed by atoms with E-state index in [9.17, 15) is 9.18 Å². The highest BCUT2D eigenvalue weighted by atomic mass is 35.5. The van der Waals surface area contributed by atoms with Gasteiger partial charge in [-0.05, 0) is 44.9 Å². The van der Waals surface area contributed by atoms with Gasteiger partial charge < -0.3 is 15.4 Å². The first-order valence-electron chi connectivity index (χ1n) is 7.72. The Morgan fingerprint density at radius 3 is 2.57 bits per heavy atom. The summed E-state index contributed by atoms with van der Waals surface area (Å²) < 4.78 is 18.9. The first-order chi connectivity index (χ1) is 10.6. The number of hydrogen-bond donors (Lipinski definition) is 2. The Morgan fingerprint density at radius 1 is 1.35 bits per heavy atom. The lowest BCUT2D eigenvalue weighted by Crippen LogP contribution is -2.47. The van der Waals surface area contributed by atoms with E-state index < -0.39 is 11.7 Å². The Kier molecular flexibility index (Phi) is 7.29. The molecule has 0 radical (unpaired) electrons. The van der Waals surface area contributed by atoms with Gasteiger partial charge >= 0.3 is 6.09 Å². The molecule has 0 bridgehead atoms. The van der Waals surface area contributed by atoms with Gasteiger partial charge in [-0.2, -0.15) is 0 Å². The summed E-state index contributed by atoms with van der Waals surface area (Å²) >= 11 is 5.87. The van der Waals surface area contributed by atoms with Crippen molar-refractivity contribution in [3.63, 3.8) is 0 Å². The largest absolute Gasteiger partial charge is 0.444 e. The molecular weight excluding hydrogens is 319 g/mol. The summed E-state index contributed by atoms with van der Waals surface area (Å²) in [6, 6.07) is 4.34. The summed E-state index contributed by atoms with van der Waals surface area (Å²) in [5.74, 6) is -0.0951. The predicted octanol–water partition coefficient (Wildman–Crippen LogP) is 4.12. The zero-order chi connectivity index (χ0) is 17.6. The lowest BCUT2D eigenvalue weighted by molar-refractivity contribution is 0.0490. The molecule has 1 atom stereocenters. The second kappa shape index (κ2) is 8.50. The SMILES string of the molecule is CC(C)C(CNCc1cc(Cl)ccc1F)NC(=O)OC(C)(C)C. The Hall–Kier alpha value is -1.33. The average molecular weight is 345 g/mol. The van der Waals surface area contributed by atoms with E-state index in [1.165, 1.54) is 12.1 Å². The second-order valence-corrected chi connectivity index (χ2v) is 7.30. The topological polar surface area (TPSA) is 50.4 Å². The van der Waals surface area contributed by atoms with Crippen molar-refractivity contribution in [3.05, 3.63) is 34.6 Å². The molecule has 0 aliphatic rings. The van der Waals surface area contributed by atoms with E-state index in [0.29, 0.717) is 23.7 Å². The van der Waals surface area contributed by atoms with Crippen LogP contribution in [0, 0.1) is 11.7 Å². The molecule has 1 rings (SSSR count). The van der Waals surface area contributed by atoms with Crippen LogP contribution in [-0.4, -0.2) is 24.3 Å². The van der Waals surface area contributed by atoms with Crippen LogP contribution in [0.1, 0.15) is 40.2 Å². The number of rotatable bonds is 6. The lowest BCUT2D eigenvalue weighted by Gasteiger charge is -2.26. The van der Waals surface area contributed by atoms with E-state index >= 15 is 0 Å². The van der Waals surface area contributed by atoms with Gasteiger partial charge in [0.2, 0.25) is 0 Å². The third-order valence-corrected chi connectivity index (χ3v) is 3.43. The highest BCUT2D eigenvalue weighted by molar-refractivity contribution is 6.30. The number of ether oxygens (including phenoxy) is 1. The lowest BCUT2D eigenvalue weighted by atomic mass is 10.0. The molecule has 1 amide bonds. The van der Waals surface area contributed by atoms with Gasteiger partial charge in [0, 0.05) is 29.7 Å². The summed E-state index contributed by atoms with van der Waals surface area (Å²) in [5, 5.41) is 6.49. The minimum atomic E-state index is -0.539. The van der Waals surface area contributed by atoms with E-state index in [2.05, 4.69) is 10.6 Å². The molecule has 0 saturated heterocycles. The molecule has 0 aliphatic carbocycles. The minimum Gasteiger partial charge on any atom is -0.444 e. The molecule has 0 heterocycles. The van der Waals surface area contributed by atoms with Gasteiger partial charge in [-0.3, -0.25) is 0 Å². The van der Waals surface area contributed by atoms with E-state index in [1.807, 2.05) is 34.6 Å². The summed E-state index contributed by atoms with van der Waals surface area (Å²) in [6.07, 6.45) is -0.452. The van der Waals surface area contributed by atoms with Gasteiger partial charge in [-0.1, -0.05) is 25.4 Å². The van der Waals surface area contributed by atoms with Crippen molar-refractivity contribution < 1.29 is 13.9 Å². The van der Waals surface area contributed by atoms with Crippen LogP contribution in [0.15, 0.2) is 18.2 Å². The molecule has 2 N–H and O–H groups in total. The average Bonchev–Trinajstić information content (AvgIpc) is 2.39. The van der Waals surface area contributed by atoms with Crippen LogP contribution < -0.4 is 10.6 Å². The van der Waals surface area contributed by atoms with Crippen molar-refractivity contribution in [2.45, 2.75) is 52.8 Å². The molecule has 1 aromatic rings. The van der Waals surface area contributed by atoms with Gasteiger partial charge in [-0.25, -0.2) is 9.18 Å². The van der Waals surface area contributed by atoms with Crippen molar-refractivity contribution in [1.29, 1.82) is 0 Å². The normalized spacial score (nSPS) is 13.0. The van der Waals surface area contributed by atoms with E-state index in [4.69, 9.17) is 16.3 Å². The fourth-order valence-corrected chi connectivity index (χ4v) is 2.15. The summed E-state index contributed by atoms with van der Waals surface area (Å²) in [6.45, 7) is 10.3. The van der Waals surface area contributed by atoms with Crippen molar-refractivity contribution in [2.75, 3.05) is 6.54 Å². The van der Waals surface area contributed by atoms with Crippen LogP contribution in [0.4, 0.5) is 9.18 Å². The van der Waals surface area contributed by atoms with Gasteiger partial charge in [0.1, 0.15) is 11.4 Å². The monoisotopic (exact) mass is 344 g/mol. The van der Waals surface area contributed by atoms with Crippen molar-refractivity contribution >= 4 is 17.7 Å². The minimum absolute atomic E-state index is 0.118. The third-order valence-electron chi connectivity index (χ3n) is 3.19. The van der Waals surface area contributed by atoms with Crippen LogP contribution in [0.3, 0.4) is 0 Å². The molecule has 130 valence electrons. The predicted molar refractivity (Wildman–Crippen MR) is 91.1 cm³/mol. The molecule has 6 heteroatoms. The number of halogens is 2. The summed E-state index contributed by atoms with van der Waals surface area (Å²) in [5.41, 5.74) is -0.0413. The van der Waals surface area contributed by atoms with Crippen LogP contribution in [0.25, 0.3) is 0 Å². The second-order valence-electron chi connectivity index (χ2n) is 6.86. The van der Waals surface area contributed by atoms with E-state index in [1.54, 1.807) is 6.07 Å². The Balaban J connectivity index is 2.53. The maximum absolute atomic E-state index is 13.7. The standard InChI is InChI=1S/C17H26ClFN2O2/c1-11(2)15(21-16(22)23-17(3,4)5)10-20-9-12-8-13(18)6-7-14(12)19/h6-8,11,15,20H,9-10H2,1-5H3,(H,21,22). The maximum atomic E-state index is 13.7. The molecule has 1 unspecified atom stereocenters. The van der Waals surface area contributed by atoms with Gasteiger partial charge in [0.15, 0.2) is 0 Å². The molecule has 0 aliphatic heterocycles. The summed E-state index contributed by atoms with van der Waals surface area (Å²) in [4.78, 5) is 11.9. The van der Waals surface area contributed by atoms with E-state index in [0.717, 1.165) is 0 Å².